The van der Waals surface area contributed by atoms with E-state index in [0.717, 1.165) is 30.3 Å². The number of thioether (sulfide) groups is 1. The van der Waals surface area contributed by atoms with Crippen LogP contribution in [-0.4, -0.2) is 34.4 Å². The molecule has 1 aliphatic carbocycles. The Balaban J connectivity index is 2.11. The van der Waals surface area contributed by atoms with Gasteiger partial charge in [-0.25, -0.2) is 0 Å². The molecule has 4 heteroatoms. The second-order valence-electron chi connectivity index (χ2n) is 3.98. The fourth-order valence-corrected chi connectivity index (χ4v) is 3.23. The van der Waals surface area contributed by atoms with Crippen molar-refractivity contribution in [2.75, 3.05) is 19.4 Å². The third-order valence-corrected chi connectivity index (χ3v) is 4.50. The first-order valence-corrected chi connectivity index (χ1v) is 6.91. The predicted molar refractivity (Wildman–Crippen MR) is 64.6 cm³/mol. The summed E-state index contributed by atoms with van der Waals surface area (Å²) in [6, 6.07) is 0. The van der Waals surface area contributed by atoms with Crippen molar-refractivity contribution in [2.45, 2.75) is 37.8 Å². The highest BCUT2D eigenvalue weighted by Crippen LogP contribution is 2.39. The molecule has 80 valence electrons. The van der Waals surface area contributed by atoms with E-state index in [1.165, 1.54) is 19.3 Å². The first-order valence-electron chi connectivity index (χ1n) is 5.28. The minimum atomic E-state index is -0.0155. The van der Waals surface area contributed by atoms with Crippen LogP contribution in [0.1, 0.15) is 32.1 Å². The van der Waals surface area contributed by atoms with Crippen molar-refractivity contribution in [1.82, 2.24) is 4.90 Å². The van der Waals surface area contributed by atoms with Gasteiger partial charge >= 0.3 is 0 Å². The van der Waals surface area contributed by atoms with Crippen molar-refractivity contribution >= 4 is 28.3 Å². The molecule has 0 radical (unpaired) electrons. The van der Waals surface area contributed by atoms with Crippen LogP contribution in [0.25, 0.3) is 0 Å². The molecule has 0 N–H and O–H groups in total. The van der Waals surface area contributed by atoms with Gasteiger partial charge in [0.15, 0.2) is 0 Å². The van der Waals surface area contributed by atoms with Gasteiger partial charge in [0.2, 0.25) is 0 Å². The molecule has 1 saturated carbocycles. The Bertz CT molecular complexity index is 226. The lowest BCUT2D eigenvalue weighted by Gasteiger charge is -2.40. The van der Waals surface area contributed by atoms with Gasteiger partial charge in [0, 0.05) is 6.54 Å². The summed E-state index contributed by atoms with van der Waals surface area (Å²) < 4.78 is 6.95. The number of hydrogen-bond donors (Lipinski definition) is 0. The van der Waals surface area contributed by atoms with E-state index in [0.29, 0.717) is 0 Å². The zero-order valence-corrected chi connectivity index (χ0v) is 10.3. The number of nitrogens with zero attached hydrogens (tertiary/aromatic N) is 1. The highest BCUT2D eigenvalue weighted by molar-refractivity contribution is 8.22. The monoisotopic (exact) mass is 231 g/mol. The van der Waals surface area contributed by atoms with E-state index in [-0.39, 0.29) is 5.72 Å². The Hall–Kier alpha value is 0.200. The van der Waals surface area contributed by atoms with Crippen LogP contribution in [0.2, 0.25) is 0 Å². The molecule has 2 aliphatic rings. The molecule has 0 aromatic heterocycles. The molecule has 0 aromatic rings. The molecule has 1 heterocycles. The van der Waals surface area contributed by atoms with E-state index in [1.807, 2.05) is 0 Å². The SMILES string of the molecule is CSC(=S)N1CCOC12CCCCC2. The molecule has 0 bridgehead atoms. The molecular formula is C10H17NOS2. The van der Waals surface area contributed by atoms with Crippen LogP contribution in [0.5, 0.6) is 0 Å². The van der Waals surface area contributed by atoms with Crippen LogP contribution >= 0.6 is 24.0 Å². The van der Waals surface area contributed by atoms with Gasteiger partial charge in [-0.2, -0.15) is 0 Å². The molecular weight excluding hydrogens is 214 g/mol. The second kappa shape index (κ2) is 4.37. The minimum Gasteiger partial charge on any atom is -0.354 e. The maximum absolute atomic E-state index is 5.94. The van der Waals surface area contributed by atoms with Gasteiger partial charge < -0.3 is 9.64 Å². The lowest BCUT2D eigenvalue weighted by Crippen LogP contribution is -2.48. The fraction of sp³-hybridized carbons (Fsp3) is 0.900. The molecule has 14 heavy (non-hydrogen) atoms. The summed E-state index contributed by atoms with van der Waals surface area (Å²) in [4.78, 5) is 2.31. The normalized spacial score (nSPS) is 25.6. The zero-order chi connectivity index (χ0) is 10.0. The summed E-state index contributed by atoms with van der Waals surface area (Å²) in [5, 5.41) is 0. The van der Waals surface area contributed by atoms with Gasteiger partial charge in [-0.15, -0.1) is 11.8 Å². The summed E-state index contributed by atoms with van der Waals surface area (Å²) in [5.41, 5.74) is -0.0155. The number of rotatable bonds is 0. The van der Waals surface area contributed by atoms with Crippen LogP contribution in [-0.2, 0) is 4.74 Å². The first-order chi connectivity index (χ1) is 6.78. The maximum atomic E-state index is 5.94. The summed E-state index contributed by atoms with van der Waals surface area (Å²) in [6.07, 6.45) is 8.30. The minimum absolute atomic E-state index is 0.0155. The number of thiocarbonyl (C=S) groups is 1. The van der Waals surface area contributed by atoms with Gasteiger partial charge in [0.05, 0.1) is 6.61 Å². The van der Waals surface area contributed by atoms with Crippen molar-refractivity contribution in [3.05, 3.63) is 0 Å². The van der Waals surface area contributed by atoms with Crippen LogP contribution in [0.15, 0.2) is 0 Å². The highest BCUT2D eigenvalue weighted by atomic mass is 32.2. The lowest BCUT2D eigenvalue weighted by atomic mass is 9.91. The topological polar surface area (TPSA) is 12.5 Å². The molecule has 1 spiro atoms. The molecule has 2 rings (SSSR count). The van der Waals surface area contributed by atoms with Gasteiger partial charge in [-0.05, 0) is 31.9 Å². The van der Waals surface area contributed by atoms with Crippen molar-refractivity contribution in [3.8, 4) is 0 Å². The Labute approximate surface area is 95.4 Å². The third kappa shape index (κ3) is 1.79. The molecule has 2 fully saturated rings. The highest BCUT2D eigenvalue weighted by Gasteiger charge is 2.43. The van der Waals surface area contributed by atoms with Crippen molar-refractivity contribution in [2.24, 2.45) is 0 Å². The summed E-state index contributed by atoms with van der Waals surface area (Å²) in [7, 11) is 0. The standard InChI is InChI=1S/C10H17NOS2/c1-14-9(13)11-7-8-12-10(11)5-3-2-4-6-10/h2-8H2,1H3. The Kier molecular flexibility index (Phi) is 3.34. The van der Waals surface area contributed by atoms with E-state index in [4.69, 9.17) is 17.0 Å². The lowest BCUT2D eigenvalue weighted by molar-refractivity contribution is -0.0792. The largest absolute Gasteiger partial charge is 0.354 e. The average Bonchev–Trinajstić information content (AvgIpc) is 2.62. The first kappa shape index (κ1) is 10.7. The molecule has 1 aliphatic heterocycles. The maximum Gasteiger partial charge on any atom is 0.142 e. The van der Waals surface area contributed by atoms with Crippen LogP contribution in [0.3, 0.4) is 0 Å². The van der Waals surface area contributed by atoms with E-state index >= 15 is 0 Å². The van der Waals surface area contributed by atoms with Gasteiger partial charge in [-0.1, -0.05) is 18.6 Å². The smallest absolute Gasteiger partial charge is 0.142 e. The van der Waals surface area contributed by atoms with E-state index in [2.05, 4.69) is 11.2 Å². The van der Waals surface area contributed by atoms with Crippen LogP contribution in [0.4, 0.5) is 0 Å². The molecule has 0 atom stereocenters. The summed E-state index contributed by atoms with van der Waals surface area (Å²) in [6.45, 7) is 1.83. The van der Waals surface area contributed by atoms with Gasteiger partial charge in [-0.3, -0.25) is 0 Å². The van der Waals surface area contributed by atoms with Gasteiger partial charge in [0.25, 0.3) is 0 Å². The van der Waals surface area contributed by atoms with Crippen molar-refractivity contribution < 1.29 is 4.74 Å². The Morgan fingerprint density at radius 3 is 2.71 bits per heavy atom. The van der Waals surface area contributed by atoms with E-state index in [1.54, 1.807) is 11.8 Å². The molecule has 0 unspecified atom stereocenters. The zero-order valence-electron chi connectivity index (χ0n) is 8.62. The molecule has 1 saturated heterocycles. The summed E-state index contributed by atoms with van der Waals surface area (Å²) >= 11 is 7.04. The number of ether oxygens (including phenoxy) is 1. The second-order valence-corrected chi connectivity index (χ2v) is 5.42. The van der Waals surface area contributed by atoms with E-state index < -0.39 is 0 Å². The van der Waals surface area contributed by atoms with Crippen molar-refractivity contribution in [1.29, 1.82) is 0 Å². The fourth-order valence-electron chi connectivity index (χ4n) is 2.49. The Morgan fingerprint density at radius 2 is 2.07 bits per heavy atom. The predicted octanol–water partition coefficient (Wildman–Crippen LogP) is 2.63. The summed E-state index contributed by atoms with van der Waals surface area (Å²) in [5.74, 6) is 0. The Morgan fingerprint density at radius 1 is 1.36 bits per heavy atom. The quantitative estimate of drug-likeness (QED) is 0.594. The van der Waals surface area contributed by atoms with E-state index in [9.17, 15) is 0 Å². The number of hydrogen-bond acceptors (Lipinski definition) is 3. The molecule has 0 aromatic carbocycles. The van der Waals surface area contributed by atoms with Crippen LogP contribution < -0.4 is 0 Å². The molecule has 2 nitrogen and oxygen atoms in total. The van der Waals surface area contributed by atoms with Crippen LogP contribution in [0, 0.1) is 0 Å². The third-order valence-electron chi connectivity index (χ3n) is 3.21. The van der Waals surface area contributed by atoms with Crippen molar-refractivity contribution in [3.63, 3.8) is 0 Å². The average molecular weight is 231 g/mol. The molecule has 0 amide bonds. The van der Waals surface area contributed by atoms with Gasteiger partial charge in [0.1, 0.15) is 10.0 Å².